The van der Waals surface area contributed by atoms with Gasteiger partial charge in [-0.1, -0.05) is 11.8 Å². The molecule has 0 saturated heterocycles. The van der Waals surface area contributed by atoms with Gasteiger partial charge in [0, 0.05) is 11.3 Å². The van der Waals surface area contributed by atoms with Crippen LogP contribution in [0.2, 0.25) is 0 Å². The van der Waals surface area contributed by atoms with Crippen LogP contribution in [0, 0.1) is 37.5 Å². The second kappa shape index (κ2) is 4.44. The van der Waals surface area contributed by atoms with E-state index in [0.29, 0.717) is 5.82 Å². The zero-order valence-corrected chi connectivity index (χ0v) is 8.89. The van der Waals surface area contributed by atoms with Crippen molar-refractivity contribution < 1.29 is 0 Å². The van der Waals surface area contributed by atoms with Crippen LogP contribution < -0.4 is 0 Å². The maximum atomic E-state index is 4.25. The topological polar surface area (TPSA) is 25.8 Å². The van der Waals surface area contributed by atoms with Crippen molar-refractivity contribution in [3.05, 3.63) is 22.8 Å². The van der Waals surface area contributed by atoms with Gasteiger partial charge in [0.05, 0.1) is 0 Å². The maximum Gasteiger partial charge on any atom is 0.206 e. The van der Waals surface area contributed by atoms with Gasteiger partial charge >= 0.3 is 0 Å². The number of hydrogen-bond acceptors (Lipinski definition) is 2. The van der Waals surface area contributed by atoms with Gasteiger partial charge in [-0.2, -0.15) is 0 Å². The fourth-order valence-corrected chi connectivity index (χ4v) is 1.04. The molecule has 0 aliphatic carbocycles. The van der Waals surface area contributed by atoms with Crippen LogP contribution in [-0.4, -0.2) is 9.97 Å². The van der Waals surface area contributed by atoms with Gasteiger partial charge in [0.15, 0.2) is 0 Å². The molecular formula is C12H12N2. The highest BCUT2D eigenvalue weighted by molar-refractivity contribution is 5.39. The first-order valence-electron chi connectivity index (χ1n) is 4.39. The van der Waals surface area contributed by atoms with E-state index in [1.54, 1.807) is 13.8 Å². The molecule has 0 radical (unpaired) electrons. The fraction of sp³-hybridized carbons (Fsp3) is 0.333. The molecule has 1 aromatic rings. The van der Waals surface area contributed by atoms with E-state index in [4.69, 9.17) is 0 Å². The van der Waals surface area contributed by atoms with E-state index in [2.05, 4.69) is 33.6 Å². The van der Waals surface area contributed by atoms with Crippen LogP contribution in [0.1, 0.15) is 36.6 Å². The Hall–Kier alpha value is -1.80. The quantitative estimate of drug-likeness (QED) is 0.575. The lowest BCUT2D eigenvalue weighted by Gasteiger charge is -2.01. The third-order valence-electron chi connectivity index (χ3n) is 1.87. The van der Waals surface area contributed by atoms with Crippen LogP contribution in [0.25, 0.3) is 0 Å². The summed E-state index contributed by atoms with van der Waals surface area (Å²) in [6.45, 7) is 7.47. The minimum absolute atomic E-state index is 0.549. The molecule has 0 atom stereocenters. The summed E-state index contributed by atoms with van der Waals surface area (Å²) in [6, 6.07) is 0. The van der Waals surface area contributed by atoms with E-state index >= 15 is 0 Å². The van der Waals surface area contributed by atoms with Crippen LogP contribution in [0.3, 0.4) is 0 Å². The predicted octanol–water partition coefficient (Wildman–Crippen LogP) is 1.84. The molecule has 14 heavy (non-hydrogen) atoms. The number of aryl methyl sites for hydroxylation is 1. The Morgan fingerprint density at radius 3 is 2.14 bits per heavy atom. The number of nitrogens with zero attached hydrogens (tertiary/aromatic N) is 2. The Morgan fingerprint density at radius 1 is 0.929 bits per heavy atom. The normalized spacial score (nSPS) is 8.29. The van der Waals surface area contributed by atoms with E-state index in [-0.39, 0.29) is 0 Å². The molecule has 0 bridgehead atoms. The summed E-state index contributed by atoms with van der Waals surface area (Å²) in [7, 11) is 0. The summed E-state index contributed by atoms with van der Waals surface area (Å²) in [5.41, 5.74) is 2.74. The van der Waals surface area contributed by atoms with Crippen molar-refractivity contribution in [1.82, 2.24) is 9.97 Å². The summed E-state index contributed by atoms with van der Waals surface area (Å²) in [5.74, 6) is 11.9. The number of aromatic nitrogens is 2. The Balaban J connectivity index is 3.37. The first-order valence-corrected chi connectivity index (χ1v) is 4.39. The lowest BCUT2D eigenvalue weighted by atomic mass is 10.2. The van der Waals surface area contributed by atoms with Crippen LogP contribution in [-0.2, 0) is 0 Å². The molecule has 0 unspecified atom stereocenters. The molecule has 2 heteroatoms. The molecule has 0 aliphatic rings. The number of hydrogen-bond donors (Lipinski definition) is 0. The molecule has 0 aromatic carbocycles. The zero-order chi connectivity index (χ0) is 10.6. The standard InChI is InChI=1S/C12H12N2/c1-5-7-11-9(3)10(4)13-12(14-11)8-6-2/h1-4H3. The van der Waals surface area contributed by atoms with Gasteiger partial charge in [-0.3, -0.25) is 0 Å². The van der Waals surface area contributed by atoms with Crippen LogP contribution in [0.4, 0.5) is 0 Å². The summed E-state index contributed by atoms with van der Waals surface area (Å²) in [6.07, 6.45) is 0. The van der Waals surface area contributed by atoms with E-state index in [0.717, 1.165) is 17.0 Å². The van der Waals surface area contributed by atoms with E-state index in [1.807, 2.05) is 13.8 Å². The Kier molecular flexibility index (Phi) is 3.26. The van der Waals surface area contributed by atoms with Crippen LogP contribution in [0.15, 0.2) is 0 Å². The summed E-state index contributed by atoms with van der Waals surface area (Å²) < 4.78 is 0. The van der Waals surface area contributed by atoms with Crippen molar-refractivity contribution in [2.45, 2.75) is 27.7 Å². The Labute approximate surface area is 84.8 Å². The van der Waals surface area contributed by atoms with Gasteiger partial charge in [0.2, 0.25) is 5.82 Å². The largest absolute Gasteiger partial charge is 0.226 e. The monoisotopic (exact) mass is 184 g/mol. The Bertz CT molecular complexity index is 465. The maximum absolute atomic E-state index is 4.25. The second-order valence-electron chi connectivity index (χ2n) is 2.86. The SMILES string of the molecule is CC#Cc1nc(C)c(C)c(C#CC)n1. The zero-order valence-electron chi connectivity index (χ0n) is 8.89. The summed E-state index contributed by atoms with van der Waals surface area (Å²) in [4.78, 5) is 8.51. The Morgan fingerprint density at radius 2 is 1.57 bits per heavy atom. The lowest BCUT2D eigenvalue weighted by molar-refractivity contribution is 1.02. The highest BCUT2D eigenvalue weighted by Crippen LogP contribution is 2.07. The molecule has 1 aromatic heterocycles. The van der Waals surface area contributed by atoms with Crippen molar-refractivity contribution in [3.63, 3.8) is 0 Å². The molecule has 0 N–H and O–H groups in total. The third-order valence-corrected chi connectivity index (χ3v) is 1.87. The summed E-state index contributed by atoms with van der Waals surface area (Å²) in [5, 5.41) is 0. The second-order valence-corrected chi connectivity index (χ2v) is 2.86. The van der Waals surface area contributed by atoms with E-state index in [1.165, 1.54) is 0 Å². The van der Waals surface area contributed by atoms with E-state index < -0.39 is 0 Å². The van der Waals surface area contributed by atoms with Crippen molar-refractivity contribution in [2.24, 2.45) is 0 Å². The molecule has 70 valence electrons. The highest BCUT2D eigenvalue weighted by Gasteiger charge is 2.03. The highest BCUT2D eigenvalue weighted by atomic mass is 14.9. The van der Waals surface area contributed by atoms with Crippen LogP contribution in [0.5, 0.6) is 0 Å². The average Bonchev–Trinajstić information content (AvgIpc) is 2.14. The average molecular weight is 184 g/mol. The third kappa shape index (κ3) is 2.12. The molecule has 0 spiro atoms. The van der Waals surface area contributed by atoms with Crippen molar-refractivity contribution >= 4 is 0 Å². The molecule has 2 nitrogen and oxygen atoms in total. The molecule has 0 saturated carbocycles. The van der Waals surface area contributed by atoms with Gasteiger partial charge in [-0.15, -0.1) is 0 Å². The molecular weight excluding hydrogens is 172 g/mol. The molecule has 1 rings (SSSR count). The van der Waals surface area contributed by atoms with Crippen molar-refractivity contribution in [3.8, 4) is 23.7 Å². The predicted molar refractivity (Wildman–Crippen MR) is 56.6 cm³/mol. The van der Waals surface area contributed by atoms with Gasteiger partial charge in [0.1, 0.15) is 5.69 Å². The van der Waals surface area contributed by atoms with Gasteiger partial charge in [-0.05, 0) is 39.5 Å². The van der Waals surface area contributed by atoms with Gasteiger partial charge in [0.25, 0.3) is 0 Å². The van der Waals surface area contributed by atoms with Crippen molar-refractivity contribution in [2.75, 3.05) is 0 Å². The van der Waals surface area contributed by atoms with Crippen LogP contribution >= 0.6 is 0 Å². The number of rotatable bonds is 0. The van der Waals surface area contributed by atoms with Gasteiger partial charge < -0.3 is 0 Å². The lowest BCUT2D eigenvalue weighted by Crippen LogP contribution is -2.00. The van der Waals surface area contributed by atoms with Gasteiger partial charge in [-0.25, -0.2) is 9.97 Å². The minimum atomic E-state index is 0.549. The molecule has 0 fully saturated rings. The first-order chi connectivity index (χ1) is 6.69. The molecule has 1 heterocycles. The first kappa shape index (κ1) is 10.3. The minimum Gasteiger partial charge on any atom is -0.226 e. The molecule has 0 amide bonds. The van der Waals surface area contributed by atoms with Crippen molar-refractivity contribution in [1.29, 1.82) is 0 Å². The fourth-order valence-electron chi connectivity index (χ4n) is 1.04. The van der Waals surface area contributed by atoms with E-state index in [9.17, 15) is 0 Å². The summed E-state index contributed by atoms with van der Waals surface area (Å²) >= 11 is 0. The smallest absolute Gasteiger partial charge is 0.206 e. The molecule has 0 aliphatic heterocycles.